The first-order chi connectivity index (χ1) is 62.1. The van der Waals surface area contributed by atoms with E-state index in [1.807, 2.05) is 211 Å². The predicted molar refractivity (Wildman–Crippen MR) is 517 cm³/mol. The Morgan fingerprint density at radius 1 is 0.411 bits per heavy atom. The molecular formula is C105H122FN11O12. The molecule has 3 fully saturated rings. The normalized spacial score (nSPS) is 10.7. The Labute approximate surface area is 762 Å². The first-order valence-electron chi connectivity index (χ1n) is 42.1. The van der Waals surface area contributed by atoms with Crippen LogP contribution >= 0.6 is 0 Å². The number of anilines is 7. The van der Waals surface area contributed by atoms with Crippen LogP contribution in [0.1, 0.15) is 191 Å². The molecule has 0 radical (unpaired) electrons. The standard InChI is InChI=1S/C14H15NO.C13H13NO.C13H15NO.C12H14N2O.C12H13NO2.C12H13NO.C10H9NO.C8H8FNO.C6H13NO2.C5H9NO/c1-2-5-11-6-3-9-13(10-11)15-14(16)12-7-4-8-12;1-2-4-10-5-3-6-12(9-10)14-13(15)11-7-8-11;1-4-6-11-7-5-8-12(9-11)14-13(15)10(2)3;1-3-6-10-7-5-8-11(9-10)14-12(15)13-4-2;1-3-5-10-6-4-7-11(8-10)13-12(14)9-15-2;1-3-6-10-7-5-8-11(9-10)13-12(14)4-2;1-2-4-9-5-3-6-10(7-9)11-8-12;1-10-8(11)6-3-2-4-7(9)5-6;1-5(2)4-9-6(8)7-3;1-6-5(7)4-2-3-4/h3,6,9-10,12H,4,7-8H2,1H3,(H,15,16);3,5-6,9,11H,7-8H2,1H3,(H,14,15);5,7-10H,1-3H3,(H,14,15);5,7-9H,4H2,1-2H3,(H2,13,14,15);4,6-8H,9H2,1-2H3,(H,13,14);5,7-9H,4H2,1-2H3,(H,13,14);3,5-8H,1H3,(H,11,12);2-5H,1H3,(H,10,11);5H,4H2,1-3H3,(H,7,8);4H,2-3H2,1H3,(H,6,7). The second kappa shape index (κ2) is 66.4. The molecule has 3 aliphatic carbocycles. The lowest BCUT2D eigenvalue weighted by Gasteiger charge is -2.24. The van der Waals surface area contributed by atoms with E-state index in [0.29, 0.717) is 43.4 Å². The number of amides is 11. The van der Waals surface area contributed by atoms with E-state index < -0.39 is 5.82 Å². The molecule has 676 valence electrons. The second-order valence-electron chi connectivity index (χ2n) is 28.6. The smallest absolute Gasteiger partial charge is 0.406 e. The van der Waals surface area contributed by atoms with Crippen LogP contribution in [0.3, 0.4) is 0 Å². The number of nitrogens with one attached hydrogen (secondary N) is 11. The van der Waals surface area contributed by atoms with Gasteiger partial charge in [-0.3, -0.25) is 38.4 Å². The van der Waals surface area contributed by atoms with Gasteiger partial charge < -0.3 is 68.0 Å². The van der Waals surface area contributed by atoms with Crippen molar-refractivity contribution in [1.29, 1.82) is 0 Å². The van der Waals surface area contributed by atoms with Crippen molar-refractivity contribution in [2.75, 3.05) is 85.2 Å². The molecule has 0 bridgehead atoms. The van der Waals surface area contributed by atoms with Crippen LogP contribution in [0.5, 0.6) is 0 Å². The molecule has 0 unspecified atom stereocenters. The van der Waals surface area contributed by atoms with Gasteiger partial charge in [0.05, 0.1) is 6.61 Å². The molecule has 11 N–H and O–H groups in total. The lowest BCUT2D eigenvalue weighted by molar-refractivity contribution is -0.122. The van der Waals surface area contributed by atoms with Crippen LogP contribution in [0.2, 0.25) is 0 Å². The fourth-order valence-electron chi connectivity index (χ4n) is 10.2. The van der Waals surface area contributed by atoms with Crippen molar-refractivity contribution in [3.05, 3.63) is 244 Å². The predicted octanol–water partition coefficient (Wildman–Crippen LogP) is 18.1. The fourth-order valence-corrected chi connectivity index (χ4v) is 10.2. The number of carbonyl (C=O) groups is 10. The Hall–Kier alpha value is -15.1. The number of ether oxygens (including phenoxy) is 2. The monoisotopic (exact) mass is 1750 g/mol. The number of rotatable bonds is 19. The third kappa shape index (κ3) is 51.7. The fraction of sp³-hybridized carbons (Fsp3) is 0.314. The molecule has 23 nitrogen and oxygen atoms in total. The third-order valence-corrected chi connectivity index (χ3v) is 16.9. The summed E-state index contributed by atoms with van der Waals surface area (Å²) < 4.78 is 21.9. The molecule has 8 aromatic carbocycles. The molecule has 0 aromatic heterocycles. The molecule has 8 aromatic rings. The maximum absolute atomic E-state index is 12.5. The summed E-state index contributed by atoms with van der Waals surface area (Å²) in [6.45, 7) is 25.1. The maximum atomic E-state index is 12.5. The van der Waals surface area contributed by atoms with Crippen molar-refractivity contribution in [3.8, 4) is 82.9 Å². The van der Waals surface area contributed by atoms with Gasteiger partial charge in [0.25, 0.3) is 5.91 Å². The van der Waals surface area contributed by atoms with Crippen molar-refractivity contribution >= 4 is 99.7 Å². The summed E-state index contributed by atoms with van der Waals surface area (Å²) in [6.07, 6.45) is 8.27. The molecule has 24 heteroatoms. The highest BCUT2D eigenvalue weighted by Crippen LogP contribution is 2.31. The molecule has 0 spiro atoms. The van der Waals surface area contributed by atoms with Gasteiger partial charge in [0.2, 0.25) is 41.9 Å². The second-order valence-corrected chi connectivity index (χ2v) is 28.6. The van der Waals surface area contributed by atoms with Gasteiger partial charge >= 0.3 is 12.1 Å². The maximum Gasteiger partial charge on any atom is 0.406 e. The molecule has 129 heavy (non-hydrogen) atoms. The Morgan fingerprint density at radius 2 is 0.752 bits per heavy atom. The number of benzene rings is 8. The largest absolute Gasteiger partial charge is 0.449 e. The minimum atomic E-state index is -0.397. The van der Waals surface area contributed by atoms with E-state index >= 15 is 0 Å². The summed E-state index contributed by atoms with van der Waals surface area (Å²) >= 11 is 0. The van der Waals surface area contributed by atoms with Crippen LogP contribution in [-0.4, -0.2) is 108 Å². The summed E-state index contributed by atoms with van der Waals surface area (Å²) in [5.74, 6) is 41.2. The number of methoxy groups -OCH3 is 1. The summed E-state index contributed by atoms with van der Waals surface area (Å²) in [5.41, 5.74) is 12.3. The number of urea groups is 1. The van der Waals surface area contributed by atoms with E-state index in [9.17, 15) is 52.3 Å². The number of alkyl carbamates (subject to hydrolysis) is 1. The number of hydrogen-bond donors (Lipinski definition) is 11. The van der Waals surface area contributed by atoms with Gasteiger partial charge in [-0.05, 0) is 245 Å². The molecule has 0 aliphatic heterocycles. The van der Waals surface area contributed by atoms with Crippen LogP contribution in [-0.2, 0) is 43.0 Å². The summed E-state index contributed by atoms with van der Waals surface area (Å²) in [4.78, 5) is 110. The van der Waals surface area contributed by atoms with E-state index in [1.165, 1.54) is 38.8 Å². The van der Waals surface area contributed by atoms with Gasteiger partial charge in [-0.25, -0.2) is 14.0 Å². The lowest BCUT2D eigenvalue weighted by Crippen LogP contribution is -2.28. The van der Waals surface area contributed by atoms with Crippen molar-refractivity contribution in [2.24, 2.45) is 29.6 Å². The van der Waals surface area contributed by atoms with Gasteiger partial charge in [-0.2, -0.15) is 0 Å². The highest BCUT2D eigenvalue weighted by molar-refractivity contribution is 5.96. The van der Waals surface area contributed by atoms with Crippen molar-refractivity contribution in [1.82, 2.24) is 21.3 Å². The topological polar surface area (TPSA) is 321 Å². The van der Waals surface area contributed by atoms with Gasteiger partial charge in [-0.1, -0.05) is 131 Å². The molecule has 0 heterocycles. The summed E-state index contributed by atoms with van der Waals surface area (Å²) in [6, 6.07) is 57.9. The third-order valence-electron chi connectivity index (χ3n) is 16.9. The zero-order valence-electron chi connectivity index (χ0n) is 77.0. The van der Waals surface area contributed by atoms with Crippen molar-refractivity contribution < 1.29 is 61.8 Å². The molecule has 0 atom stereocenters. The Morgan fingerprint density at radius 3 is 1.05 bits per heavy atom. The van der Waals surface area contributed by atoms with Crippen molar-refractivity contribution in [2.45, 2.75) is 141 Å². The summed E-state index contributed by atoms with van der Waals surface area (Å²) in [7, 11) is 6.22. The lowest BCUT2D eigenvalue weighted by atomic mass is 9.85. The van der Waals surface area contributed by atoms with Crippen LogP contribution in [0.4, 0.5) is 53.8 Å². The molecular weight excluding hydrogens is 1630 g/mol. The first-order valence-corrected chi connectivity index (χ1v) is 42.1. The van der Waals surface area contributed by atoms with Gasteiger partial charge in [0.1, 0.15) is 12.4 Å². The number of hydrogen-bond acceptors (Lipinski definition) is 12. The zero-order valence-corrected chi connectivity index (χ0v) is 77.0. The quantitative estimate of drug-likeness (QED) is 0.0266. The van der Waals surface area contributed by atoms with E-state index in [1.54, 1.807) is 68.6 Å². The van der Waals surface area contributed by atoms with Gasteiger partial charge in [0, 0.05) is 149 Å². The van der Waals surface area contributed by atoms with Crippen molar-refractivity contribution in [3.63, 3.8) is 0 Å². The number of carbonyl (C=O) groups excluding carboxylic acids is 10. The van der Waals surface area contributed by atoms with E-state index in [0.717, 1.165) is 117 Å². The minimum Gasteiger partial charge on any atom is -0.449 e. The van der Waals surface area contributed by atoms with Crippen LogP contribution in [0.25, 0.3) is 0 Å². The summed E-state index contributed by atoms with van der Waals surface area (Å²) in [5, 5.41) is 29.5. The molecule has 3 saturated carbocycles. The molecule has 0 saturated heterocycles. The SMILES string of the molecule is CC#Cc1cccc(NC(=O)C(C)C)c1.CC#Cc1cccc(NC(=O)C2CC2)c1.CC#Cc1cccc(NC(=O)C2CCC2)c1.CC#Cc1cccc(NC(=O)CC)c1.CC#Cc1cccc(NC(=O)COC)c1.CC#Cc1cccc(NC(=O)NCC)c1.CC#Cc1cccc(NC=O)c1.CNC(=O)C1CC1.CNC(=O)OCC(C)C.CNC(=O)c1cccc(F)c1. The average molecular weight is 1750 g/mol. The van der Waals surface area contributed by atoms with Crippen LogP contribution in [0, 0.1) is 118 Å². The number of halogens is 1. The van der Waals surface area contributed by atoms with E-state index in [4.69, 9.17) is 9.47 Å². The van der Waals surface area contributed by atoms with E-state index in [2.05, 4.69) is 141 Å². The van der Waals surface area contributed by atoms with E-state index in [-0.39, 0.29) is 77.8 Å². The molecule has 11 amide bonds. The van der Waals surface area contributed by atoms with Gasteiger partial charge in [0.15, 0.2) is 0 Å². The van der Waals surface area contributed by atoms with Crippen LogP contribution in [0.15, 0.2) is 194 Å². The highest BCUT2D eigenvalue weighted by atomic mass is 19.1. The Kier molecular flexibility index (Phi) is 56.6. The Balaban J connectivity index is 0.000000488. The first kappa shape index (κ1) is 110. The van der Waals surface area contributed by atoms with Gasteiger partial charge in [-0.15, -0.1) is 41.4 Å². The minimum absolute atomic E-state index is 0.00841. The highest BCUT2D eigenvalue weighted by Gasteiger charge is 2.30. The molecule has 11 rings (SSSR count). The average Bonchev–Trinajstić information content (AvgIpc) is 1.49. The van der Waals surface area contributed by atoms with Crippen LogP contribution < -0.4 is 58.5 Å². The molecule has 3 aliphatic rings. The Bertz CT molecular complexity index is 5260. The zero-order chi connectivity index (χ0) is 95.5.